The predicted octanol–water partition coefficient (Wildman–Crippen LogP) is 2.58. The number of halogens is 3. The molecule has 0 aliphatic carbocycles. The van der Waals surface area contributed by atoms with Crippen molar-refractivity contribution >= 4 is 17.3 Å². The number of benzene rings is 1. The molecule has 4 nitrogen and oxygen atoms in total. The number of anilines is 2. The van der Waals surface area contributed by atoms with Crippen LogP contribution in [0.5, 0.6) is 0 Å². The quantitative estimate of drug-likeness (QED) is 0.780. The van der Waals surface area contributed by atoms with Crippen molar-refractivity contribution in [2.45, 2.75) is 26.1 Å². The molecule has 0 bridgehead atoms. The fourth-order valence-electron chi connectivity index (χ4n) is 1.43. The lowest BCUT2D eigenvalue weighted by molar-refractivity contribution is -0.119. The van der Waals surface area contributed by atoms with E-state index in [9.17, 15) is 18.0 Å². The SMILES string of the molecule is CC(N)C(C)C(=O)Nc1ccccc1NCC(F)(F)F. The van der Waals surface area contributed by atoms with Crippen molar-refractivity contribution in [2.75, 3.05) is 17.2 Å². The number of hydrogen-bond acceptors (Lipinski definition) is 3. The van der Waals surface area contributed by atoms with Crippen LogP contribution in [0.3, 0.4) is 0 Å². The third-order valence-electron chi connectivity index (χ3n) is 2.87. The van der Waals surface area contributed by atoms with Gasteiger partial charge in [0.2, 0.25) is 5.91 Å². The summed E-state index contributed by atoms with van der Waals surface area (Å²) in [6.45, 7) is 2.19. The summed E-state index contributed by atoms with van der Waals surface area (Å²) < 4.78 is 36.6. The molecule has 0 saturated carbocycles. The zero-order valence-corrected chi connectivity index (χ0v) is 11.3. The van der Waals surface area contributed by atoms with Gasteiger partial charge >= 0.3 is 6.18 Å². The molecule has 0 spiro atoms. The van der Waals surface area contributed by atoms with E-state index in [1.807, 2.05) is 0 Å². The minimum atomic E-state index is -4.32. The first-order valence-electron chi connectivity index (χ1n) is 6.17. The number of alkyl halides is 3. The molecule has 0 aliphatic heterocycles. The van der Waals surface area contributed by atoms with Gasteiger partial charge in [-0.3, -0.25) is 4.79 Å². The summed E-state index contributed by atoms with van der Waals surface area (Å²) in [6, 6.07) is 5.88. The first kappa shape index (κ1) is 16.3. The molecule has 0 heterocycles. The summed E-state index contributed by atoms with van der Waals surface area (Å²) in [4.78, 5) is 11.9. The van der Waals surface area contributed by atoms with Gasteiger partial charge in [0.25, 0.3) is 0 Å². The number of hydrogen-bond donors (Lipinski definition) is 3. The van der Waals surface area contributed by atoms with Crippen LogP contribution in [0.2, 0.25) is 0 Å². The highest BCUT2D eigenvalue weighted by Crippen LogP contribution is 2.24. The molecule has 20 heavy (non-hydrogen) atoms. The first-order valence-corrected chi connectivity index (χ1v) is 6.17. The van der Waals surface area contributed by atoms with Crippen LogP contribution >= 0.6 is 0 Å². The van der Waals surface area contributed by atoms with Gasteiger partial charge in [-0.25, -0.2) is 0 Å². The van der Waals surface area contributed by atoms with Crippen LogP contribution in [0.15, 0.2) is 24.3 Å². The predicted molar refractivity (Wildman–Crippen MR) is 72.4 cm³/mol. The third-order valence-corrected chi connectivity index (χ3v) is 2.87. The second-order valence-electron chi connectivity index (χ2n) is 4.65. The Bertz CT molecular complexity index is 460. The molecule has 1 aromatic carbocycles. The molecule has 0 aromatic heterocycles. The van der Waals surface area contributed by atoms with Crippen molar-refractivity contribution < 1.29 is 18.0 Å². The Kier molecular flexibility index (Phi) is 5.38. The molecule has 1 aromatic rings. The second-order valence-corrected chi connectivity index (χ2v) is 4.65. The van der Waals surface area contributed by atoms with Crippen LogP contribution in [0.1, 0.15) is 13.8 Å². The number of nitrogens with one attached hydrogen (secondary N) is 2. The highest BCUT2D eigenvalue weighted by Gasteiger charge is 2.27. The van der Waals surface area contributed by atoms with Gasteiger partial charge in [0.1, 0.15) is 6.54 Å². The molecular weight excluding hydrogens is 271 g/mol. The Morgan fingerprint density at radius 1 is 1.25 bits per heavy atom. The van der Waals surface area contributed by atoms with E-state index in [2.05, 4.69) is 10.6 Å². The fourth-order valence-corrected chi connectivity index (χ4v) is 1.43. The smallest absolute Gasteiger partial charge is 0.375 e. The van der Waals surface area contributed by atoms with Gasteiger partial charge in [-0.05, 0) is 19.1 Å². The van der Waals surface area contributed by atoms with Crippen LogP contribution in [0.4, 0.5) is 24.5 Å². The van der Waals surface area contributed by atoms with Gasteiger partial charge in [0, 0.05) is 6.04 Å². The van der Waals surface area contributed by atoms with Crippen molar-refractivity contribution in [3.05, 3.63) is 24.3 Å². The second kappa shape index (κ2) is 6.60. The minimum absolute atomic E-state index is 0.218. The highest BCUT2D eigenvalue weighted by molar-refractivity contribution is 5.95. The van der Waals surface area contributed by atoms with E-state index in [0.717, 1.165) is 0 Å². The van der Waals surface area contributed by atoms with E-state index < -0.39 is 18.6 Å². The molecule has 4 N–H and O–H groups in total. The topological polar surface area (TPSA) is 67.2 Å². The molecule has 112 valence electrons. The van der Waals surface area contributed by atoms with Crippen LogP contribution in [0.25, 0.3) is 0 Å². The Labute approximate surface area is 115 Å². The van der Waals surface area contributed by atoms with E-state index >= 15 is 0 Å². The van der Waals surface area contributed by atoms with Crippen LogP contribution in [0, 0.1) is 5.92 Å². The van der Waals surface area contributed by atoms with Crippen molar-refractivity contribution in [1.82, 2.24) is 0 Å². The summed E-state index contributed by atoms with van der Waals surface area (Å²) in [5.41, 5.74) is 6.14. The first-order chi connectivity index (χ1) is 9.20. The van der Waals surface area contributed by atoms with Crippen molar-refractivity contribution in [2.24, 2.45) is 11.7 Å². The number of para-hydroxylation sites is 2. The van der Waals surface area contributed by atoms with Gasteiger partial charge in [-0.1, -0.05) is 19.1 Å². The van der Waals surface area contributed by atoms with Gasteiger partial charge in [-0.2, -0.15) is 13.2 Å². The maximum atomic E-state index is 12.2. The van der Waals surface area contributed by atoms with E-state index in [1.54, 1.807) is 26.0 Å². The summed E-state index contributed by atoms with van der Waals surface area (Å²) in [5.74, 6) is -0.771. The number of rotatable bonds is 5. The normalized spacial score (nSPS) is 14.5. The maximum absolute atomic E-state index is 12.2. The summed E-state index contributed by atoms with van der Waals surface area (Å²) in [7, 11) is 0. The van der Waals surface area contributed by atoms with Crippen molar-refractivity contribution in [1.29, 1.82) is 0 Å². The van der Waals surface area contributed by atoms with Crippen molar-refractivity contribution in [3.63, 3.8) is 0 Å². The molecule has 2 unspecified atom stereocenters. The fraction of sp³-hybridized carbons (Fsp3) is 0.462. The molecule has 7 heteroatoms. The Balaban J connectivity index is 2.78. The zero-order valence-electron chi connectivity index (χ0n) is 11.3. The van der Waals surface area contributed by atoms with Crippen molar-refractivity contribution in [3.8, 4) is 0 Å². The van der Waals surface area contributed by atoms with Crippen LogP contribution < -0.4 is 16.4 Å². The molecule has 0 saturated heterocycles. The molecule has 2 atom stereocenters. The average Bonchev–Trinajstić information content (AvgIpc) is 2.35. The number of carbonyl (C=O) groups excluding carboxylic acids is 1. The van der Waals surface area contributed by atoms with E-state index in [4.69, 9.17) is 5.73 Å². The molecule has 0 aliphatic rings. The maximum Gasteiger partial charge on any atom is 0.405 e. The largest absolute Gasteiger partial charge is 0.405 e. The molecule has 1 amide bonds. The molecule has 1 rings (SSSR count). The van der Waals surface area contributed by atoms with E-state index in [-0.39, 0.29) is 17.6 Å². The minimum Gasteiger partial charge on any atom is -0.375 e. The standard InChI is InChI=1S/C13H18F3N3O/c1-8(9(2)17)12(20)19-11-6-4-3-5-10(11)18-7-13(14,15)16/h3-6,8-9,18H,7,17H2,1-2H3,(H,19,20). The van der Waals surface area contributed by atoms with Crippen LogP contribution in [-0.2, 0) is 4.79 Å². The monoisotopic (exact) mass is 289 g/mol. The summed E-state index contributed by atoms with van der Waals surface area (Å²) in [6.07, 6.45) is -4.32. The number of nitrogens with two attached hydrogens (primary N) is 1. The average molecular weight is 289 g/mol. The van der Waals surface area contributed by atoms with Gasteiger partial charge in [0.15, 0.2) is 0 Å². The lowest BCUT2D eigenvalue weighted by atomic mass is 10.0. The number of carbonyl (C=O) groups is 1. The van der Waals surface area contributed by atoms with Crippen LogP contribution in [-0.4, -0.2) is 24.7 Å². The Morgan fingerprint density at radius 3 is 2.30 bits per heavy atom. The molecular formula is C13H18F3N3O. The lowest BCUT2D eigenvalue weighted by Gasteiger charge is -2.18. The third kappa shape index (κ3) is 5.08. The van der Waals surface area contributed by atoms with E-state index in [1.165, 1.54) is 12.1 Å². The molecule has 0 fully saturated rings. The van der Waals surface area contributed by atoms with Gasteiger partial charge in [-0.15, -0.1) is 0 Å². The molecule has 0 radical (unpaired) electrons. The van der Waals surface area contributed by atoms with Gasteiger partial charge < -0.3 is 16.4 Å². The zero-order chi connectivity index (χ0) is 15.3. The number of amides is 1. The Hall–Kier alpha value is -1.76. The summed E-state index contributed by atoms with van der Waals surface area (Å²) >= 11 is 0. The highest BCUT2D eigenvalue weighted by atomic mass is 19.4. The lowest BCUT2D eigenvalue weighted by Crippen LogP contribution is -2.34. The Morgan fingerprint density at radius 2 is 1.80 bits per heavy atom. The van der Waals surface area contributed by atoms with E-state index in [0.29, 0.717) is 5.69 Å². The van der Waals surface area contributed by atoms with Gasteiger partial charge in [0.05, 0.1) is 17.3 Å². The summed E-state index contributed by atoms with van der Waals surface area (Å²) in [5, 5.41) is 4.83.